The van der Waals surface area contributed by atoms with Crippen molar-refractivity contribution in [2.75, 3.05) is 45.7 Å². The molecule has 0 saturated heterocycles. The summed E-state index contributed by atoms with van der Waals surface area (Å²) in [5.41, 5.74) is 1.48. The molecular weight excluding hydrogens is 242 g/mol. The molecule has 0 unspecified atom stereocenters. The van der Waals surface area contributed by atoms with E-state index in [2.05, 4.69) is 32.2 Å². The third-order valence-electron chi connectivity index (χ3n) is 2.81. The Kier molecular flexibility index (Phi) is 5.00. The van der Waals surface area contributed by atoms with E-state index in [0.29, 0.717) is 5.65 Å². The third kappa shape index (κ3) is 4.11. The van der Waals surface area contributed by atoms with Crippen LogP contribution in [0.1, 0.15) is 0 Å². The molecule has 0 aliphatic rings. The zero-order valence-electron chi connectivity index (χ0n) is 11.3. The van der Waals surface area contributed by atoms with Crippen molar-refractivity contribution >= 4 is 17.0 Å². The van der Waals surface area contributed by atoms with E-state index in [4.69, 9.17) is 4.74 Å². The topological polar surface area (TPSA) is 63.2 Å². The first-order chi connectivity index (χ1) is 9.29. The van der Waals surface area contributed by atoms with Crippen LogP contribution < -0.4 is 5.32 Å². The molecule has 2 aromatic heterocycles. The van der Waals surface area contributed by atoms with E-state index in [1.165, 1.54) is 0 Å². The highest BCUT2D eigenvalue weighted by molar-refractivity contribution is 5.71. The second kappa shape index (κ2) is 6.96. The highest BCUT2D eigenvalue weighted by Crippen LogP contribution is 2.09. The van der Waals surface area contributed by atoms with Gasteiger partial charge in [-0.2, -0.15) is 0 Å². The minimum Gasteiger partial charge on any atom is -0.383 e. The van der Waals surface area contributed by atoms with Gasteiger partial charge in [0.1, 0.15) is 11.3 Å². The largest absolute Gasteiger partial charge is 0.383 e. The molecule has 0 aromatic carbocycles. The zero-order chi connectivity index (χ0) is 13.5. The summed E-state index contributed by atoms with van der Waals surface area (Å²) in [4.78, 5) is 15.0. The van der Waals surface area contributed by atoms with E-state index >= 15 is 0 Å². The van der Waals surface area contributed by atoms with E-state index in [9.17, 15) is 0 Å². The van der Waals surface area contributed by atoms with Gasteiger partial charge in [0.2, 0.25) is 0 Å². The summed E-state index contributed by atoms with van der Waals surface area (Å²) in [6, 6.07) is 3.85. The second-order valence-corrected chi connectivity index (χ2v) is 4.32. The standard InChI is InChI=1S/C13H19N5O/c1-18(9-10-19-2)8-7-15-12-4-3-11-13(17-12)16-6-5-14-11/h3-6H,7-10H2,1-2H3,(H,15,16,17). The van der Waals surface area contributed by atoms with Gasteiger partial charge >= 0.3 is 0 Å². The number of hydrogen-bond donors (Lipinski definition) is 1. The van der Waals surface area contributed by atoms with Gasteiger partial charge in [-0.3, -0.25) is 4.98 Å². The molecule has 2 rings (SSSR count). The predicted molar refractivity (Wildman–Crippen MR) is 75.2 cm³/mol. The number of nitrogens with one attached hydrogen (secondary N) is 1. The van der Waals surface area contributed by atoms with Crippen LogP contribution in [0.3, 0.4) is 0 Å². The number of likely N-dealkylation sites (N-methyl/N-ethyl adjacent to an activating group) is 1. The van der Waals surface area contributed by atoms with Gasteiger partial charge in [0.25, 0.3) is 0 Å². The van der Waals surface area contributed by atoms with Gasteiger partial charge < -0.3 is 15.0 Å². The van der Waals surface area contributed by atoms with Crippen LogP contribution in [0.15, 0.2) is 24.5 Å². The van der Waals surface area contributed by atoms with Crippen LogP contribution in [0.4, 0.5) is 5.82 Å². The van der Waals surface area contributed by atoms with E-state index in [0.717, 1.165) is 37.6 Å². The molecule has 6 heteroatoms. The van der Waals surface area contributed by atoms with E-state index in [1.54, 1.807) is 19.5 Å². The number of ether oxygens (including phenoxy) is 1. The fourth-order valence-electron chi connectivity index (χ4n) is 1.69. The van der Waals surface area contributed by atoms with E-state index in [-0.39, 0.29) is 0 Å². The Morgan fingerprint density at radius 3 is 2.89 bits per heavy atom. The number of aromatic nitrogens is 3. The Bertz CT molecular complexity index is 519. The Morgan fingerprint density at radius 1 is 1.21 bits per heavy atom. The Balaban J connectivity index is 1.84. The molecule has 0 radical (unpaired) electrons. The number of anilines is 1. The lowest BCUT2D eigenvalue weighted by atomic mass is 10.4. The van der Waals surface area contributed by atoms with Crippen LogP contribution in [0, 0.1) is 0 Å². The molecule has 6 nitrogen and oxygen atoms in total. The molecule has 1 N–H and O–H groups in total. The molecular formula is C13H19N5O. The van der Waals surface area contributed by atoms with Gasteiger partial charge in [0.05, 0.1) is 6.61 Å². The molecule has 0 saturated carbocycles. The van der Waals surface area contributed by atoms with Gasteiger partial charge in [-0.15, -0.1) is 0 Å². The lowest BCUT2D eigenvalue weighted by molar-refractivity contribution is 0.163. The molecule has 0 fully saturated rings. The van der Waals surface area contributed by atoms with Gasteiger partial charge in [-0.05, 0) is 19.2 Å². The van der Waals surface area contributed by atoms with Crippen LogP contribution in [0.25, 0.3) is 11.2 Å². The molecule has 0 bridgehead atoms. The fraction of sp³-hybridized carbons (Fsp3) is 0.462. The molecule has 0 spiro atoms. The van der Waals surface area contributed by atoms with Crippen LogP contribution in [-0.4, -0.2) is 60.3 Å². The lowest BCUT2D eigenvalue weighted by Gasteiger charge is -2.16. The first-order valence-corrected chi connectivity index (χ1v) is 6.28. The normalized spacial score (nSPS) is 11.1. The number of pyridine rings is 1. The maximum absolute atomic E-state index is 5.04. The molecule has 0 atom stereocenters. The molecule has 2 aromatic rings. The van der Waals surface area contributed by atoms with Crippen molar-refractivity contribution in [1.82, 2.24) is 19.9 Å². The molecule has 19 heavy (non-hydrogen) atoms. The Morgan fingerprint density at radius 2 is 2.05 bits per heavy atom. The first-order valence-electron chi connectivity index (χ1n) is 6.28. The summed E-state index contributed by atoms with van der Waals surface area (Å²) in [6.07, 6.45) is 3.32. The van der Waals surface area contributed by atoms with Crippen molar-refractivity contribution in [3.05, 3.63) is 24.5 Å². The highest BCUT2D eigenvalue weighted by Gasteiger charge is 2.01. The second-order valence-electron chi connectivity index (χ2n) is 4.32. The number of rotatable bonds is 7. The van der Waals surface area contributed by atoms with E-state index < -0.39 is 0 Å². The van der Waals surface area contributed by atoms with Crippen molar-refractivity contribution in [2.24, 2.45) is 0 Å². The van der Waals surface area contributed by atoms with Gasteiger partial charge in [0.15, 0.2) is 5.65 Å². The molecule has 0 amide bonds. The van der Waals surface area contributed by atoms with Gasteiger partial charge in [-0.25, -0.2) is 9.97 Å². The highest BCUT2D eigenvalue weighted by atomic mass is 16.5. The Hall–Kier alpha value is -1.79. The summed E-state index contributed by atoms with van der Waals surface area (Å²) < 4.78 is 5.04. The SMILES string of the molecule is COCCN(C)CCNc1ccc2nccnc2n1. The minimum absolute atomic E-state index is 0.667. The van der Waals surface area contributed by atoms with Gasteiger partial charge in [0, 0.05) is 39.1 Å². The summed E-state index contributed by atoms with van der Waals surface area (Å²) in [5, 5.41) is 3.28. The number of hydrogen-bond acceptors (Lipinski definition) is 6. The summed E-state index contributed by atoms with van der Waals surface area (Å²) in [5.74, 6) is 0.827. The Labute approximate surface area is 112 Å². The fourth-order valence-corrected chi connectivity index (χ4v) is 1.69. The van der Waals surface area contributed by atoms with Crippen LogP contribution >= 0.6 is 0 Å². The average Bonchev–Trinajstić information content (AvgIpc) is 2.45. The monoisotopic (exact) mass is 261 g/mol. The average molecular weight is 261 g/mol. The van der Waals surface area contributed by atoms with Crippen LogP contribution in [0.5, 0.6) is 0 Å². The minimum atomic E-state index is 0.667. The number of nitrogens with zero attached hydrogens (tertiary/aromatic N) is 4. The smallest absolute Gasteiger partial charge is 0.180 e. The predicted octanol–water partition coefficient (Wildman–Crippen LogP) is 1.01. The number of methoxy groups -OCH3 is 1. The molecule has 0 aliphatic heterocycles. The van der Waals surface area contributed by atoms with Crippen molar-refractivity contribution in [3.8, 4) is 0 Å². The first kappa shape index (κ1) is 13.6. The summed E-state index contributed by atoms with van der Waals surface area (Å²) in [7, 11) is 3.78. The molecule has 2 heterocycles. The van der Waals surface area contributed by atoms with Crippen molar-refractivity contribution in [2.45, 2.75) is 0 Å². The van der Waals surface area contributed by atoms with Crippen LogP contribution in [-0.2, 0) is 4.74 Å². The summed E-state index contributed by atoms with van der Waals surface area (Å²) in [6.45, 7) is 3.44. The maximum Gasteiger partial charge on any atom is 0.180 e. The van der Waals surface area contributed by atoms with E-state index in [1.807, 2.05) is 12.1 Å². The van der Waals surface area contributed by atoms with Crippen molar-refractivity contribution in [3.63, 3.8) is 0 Å². The van der Waals surface area contributed by atoms with Crippen molar-refractivity contribution in [1.29, 1.82) is 0 Å². The summed E-state index contributed by atoms with van der Waals surface area (Å²) >= 11 is 0. The van der Waals surface area contributed by atoms with Crippen LogP contribution in [0.2, 0.25) is 0 Å². The number of fused-ring (bicyclic) bond motifs is 1. The third-order valence-corrected chi connectivity index (χ3v) is 2.81. The quantitative estimate of drug-likeness (QED) is 0.802. The maximum atomic E-state index is 5.04. The van der Waals surface area contributed by atoms with Gasteiger partial charge in [-0.1, -0.05) is 0 Å². The molecule has 102 valence electrons. The zero-order valence-corrected chi connectivity index (χ0v) is 11.3. The molecule has 0 aliphatic carbocycles. The van der Waals surface area contributed by atoms with Crippen molar-refractivity contribution < 1.29 is 4.74 Å². The lowest BCUT2D eigenvalue weighted by Crippen LogP contribution is -2.28.